The number of para-hydroxylation sites is 1. The number of hydrogen-bond donors (Lipinski definition) is 1. The number of aromatic nitrogens is 1. The molecule has 6 heteroatoms. The number of nitrogens with one attached hydrogen (secondary N) is 1. The van der Waals surface area contributed by atoms with Crippen LogP contribution in [-0.4, -0.2) is 43.3 Å². The van der Waals surface area contributed by atoms with Gasteiger partial charge >= 0.3 is 0 Å². The van der Waals surface area contributed by atoms with Gasteiger partial charge in [0, 0.05) is 37.8 Å². The second-order valence-corrected chi connectivity index (χ2v) is 6.22. The molecule has 25 heavy (non-hydrogen) atoms. The molecule has 1 amide bonds. The number of benzene rings is 1. The summed E-state index contributed by atoms with van der Waals surface area (Å²) in [5, 5.41) is 2.99. The number of pyridine rings is 1. The predicted octanol–water partition coefficient (Wildman–Crippen LogP) is 1.54. The molecule has 0 unspecified atom stereocenters. The number of morpholine rings is 1. The number of nitrogens with zero attached hydrogens (tertiary/aromatic N) is 2. The summed E-state index contributed by atoms with van der Waals surface area (Å²) >= 11 is 0. The molecule has 4 rings (SSSR count). The fourth-order valence-corrected chi connectivity index (χ4v) is 3.25. The summed E-state index contributed by atoms with van der Waals surface area (Å²) in [6.45, 7) is 3.49. The van der Waals surface area contributed by atoms with Gasteiger partial charge in [0.15, 0.2) is 6.10 Å². The van der Waals surface area contributed by atoms with Crippen LogP contribution < -0.4 is 15.0 Å². The Balaban J connectivity index is 1.39. The number of amides is 1. The smallest absolute Gasteiger partial charge is 0.261 e. The molecule has 0 radical (unpaired) electrons. The number of anilines is 1. The lowest BCUT2D eigenvalue weighted by atomic mass is 10.1. The first kappa shape index (κ1) is 15.9. The molecule has 1 saturated heterocycles. The van der Waals surface area contributed by atoms with Gasteiger partial charge in [0.05, 0.1) is 13.2 Å². The van der Waals surface area contributed by atoms with E-state index in [0.29, 0.717) is 26.2 Å². The van der Waals surface area contributed by atoms with Crippen LogP contribution in [0.4, 0.5) is 5.82 Å². The molecular weight excluding hydrogens is 318 g/mol. The zero-order valence-corrected chi connectivity index (χ0v) is 14.0. The molecule has 2 aliphatic heterocycles. The highest BCUT2D eigenvalue weighted by Crippen LogP contribution is 2.28. The number of fused-ring (bicyclic) bond motifs is 1. The molecule has 0 spiro atoms. The zero-order valence-electron chi connectivity index (χ0n) is 14.0. The Hall–Kier alpha value is -2.60. The Bertz CT molecular complexity index is 734. The molecule has 1 aromatic heterocycles. The Morgan fingerprint density at radius 3 is 2.88 bits per heavy atom. The summed E-state index contributed by atoms with van der Waals surface area (Å²) in [6, 6.07) is 11.7. The van der Waals surface area contributed by atoms with Gasteiger partial charge in [-0.05, 0) is 17.7 Å². The van der Waals surface area contributed by atoms with E-state index >= 15 is 0 Å². The third-order valence-corrected chi connectivity index (χ3v) is 4.57. The second-order valence-electron chi connectivity index (χ2n) is 6.22. The van der Waals surface area contributed by atoms with E-state index < -0.39 is 6.10 Å². The minimum atomic E-state index is -0.457. The van der Waals surface area contributed by atoms with Gasteiger partial charge in [-0.25, -0.2) is 4.98 Å². The molecule has 0 aliphatic carbocycles. The van der Waals surface area contributed by atoms with Crippen molar-refractivity contribution in [2.45, 2.75) is 19.1 Å². The Morgan fingerprint density at radius 1 is 1.20 bits per heavy atom. The highest BCUT2D eigenvalue weighted by molar-refractivity contribution is 5.82. The molecule has 1 atom stereocenters. The van der Waals surface area contributed by atoms with Crippen molar-refractivity contribution in [3.63, 3.8) is 0 Å². The average Bonchev–Trinajstić information content (AvgIpc) is 3.11. The fourth-order valence-electron chi connectivity index (χ4n) is 3.25. The summed E-state index contributed by atoms with van der Waals surface area (Å²) in [6.07, 6.45) is 1.94. The van der Waals surface area contributed by atoms with Crippen LogP contribution in [0.15, 0.2) is 42.6 Å². The third kappa shape index (κ3) is 3.44. The third-order valence-electron chi connectivity index (χ3n) is 4.57. The van der Waals surface area contributed by atoms with Crippen molar-refractivity contribution in [1.82, 2.24) is 10.3 Å². The van der Waals surface area contributed by atoms with Crippen molar-refractivity contribution in [3.05, 3.63) is 53.7 Å². The van der Waals surface area contributed by atoms with Crippen molar-refractivity contribution in [2.75, 3.05) is 31.2 Å². The number of rotatable bonds is 4. The number of carbonyl (C=O) groups excluding carboxylic acids is 1. The van der Waals surface area contributed by atoms with Crippen LogP contribution in [0.2, 0.25) is 0 Å². The second kappa shape index (κ2) is 7.11. The highest BCUT2D eigenvalue weighted by atomic mass is 16.5. The standard InChI is InChI=1S/C19H21N3O3/c23-19(17-12-14-4-1-2-6-16(14)25-17)21-13-15-5-3-7-20-18(15)22-8-10-24-11-9-22/h1-7,17H,8-13H2,(H,21,23)/t17-/m0/s1. The van der Waals surface area contributed by atoms with Crippen molar-refractivity contribution in [1.29, 1.82) is 0 Å². The lowest BCUT2D eigenvalue weighted by Gasteiger charge is -2.29. The van der Waals surface area contributed by atoms with Crippen molar-refractivity contribution < 1.29 is 14.3 Å². The summed E-state index contributed by atoms with van der Waals surface area (Å²) in [5.74, 6) is 1.63. The largest absolute Gasteiger partial charge is 0.480 e. The van der Waals surface area contributed by atoms with Crippen LogP contribution in [0, 0.1) is 0 Å². The summed E-state index contributed by atoms with van der Waals surface area (Å²) in [4.78, 5) is 19.2. The Labute approximate surface area is 146 Å². The van der Waals surface area contributed by atoms with E-state index in [1.807, 2.05) is 36.4 Å². The molecule has 1 fully saturated rings. The molecular formula is C19H21N3O3. The molecule has 3 heterocycles. The van der Waals surface area contributed by atoms with Gasteiger partial charge in [0.1, 0.15) is 11.6 Å². The minimum Gasteiger partial charge on any atom is -0.480 e. The van der Waals surface area contributed by atoms with E-state index in [9.17, 15) is 4.79 Å². The van der Waals surface area contributed by atoms with Crippen LogP contribution >= 0.6 is 0 Å². The van der Waals surface area contributed by atoms with Gasteiger partial charge in [0.25, 0.3) is 5.91 Å². The number of ether oxygens (including phenoxy) is 2. The lowest BCUT2D eigenvalue weighted by Crippen LogP contribution is -2.39. The van der Waals surface area contributed by atoms with Gasteiger partial charge in [0.2, 0.25) is 0 Å². The normalized spacial score (nSPS) is 19.2. The van der Waals surface area contributed by atoms with Gasteiger partial charge < -0.3 is 19.7 Å². The topological polar surface area (TPSA) is 63.7 Å². The van der Waals surface area contributed by atoms with Gasteiger partial charge in [-0.2, -0.15) is 0 Å². The van der Waals surface area contributed by atoms with Gasteiger partial charge in [-0.15, -0.1) is 0 Å². The van der Waals surface area contributed by atoms with Crippen LogP contribution in [0.1, 0.15) is 11.1 Å². The molecule has 1 aromatic carbocycles. The Morgan fingerprint density at radius 2 is 2.04 bits per heavy atom. The SMILES string of the molecule is O=C(NCc1cccnc1N1CCOCC1)[C@@H]1Cc2ccccc2O1. The summed E-state index contributed by atoms with van der Waals surface area (Å²) in [5.41, 5.74) is 2.09. The number of hydrogen-bond acceptors (Lipinski definition) is 5. The van der Waals surface area contributed by atoms with Crippen molar-refractivity contribution in [3.8, 4) is 5.75 Å². The van der Waals surface area contributed by atoms with E-state index in [2.05, 4.69) is 15.2 Å². The Kier molecular flexibility index (Phi) is 4.52. The average molecular weight is 339 g/mol. The maximum atomic E-state index is 12.5. The highest BCUT2D eigenvalue weighted by Gasteiger charge is 2.28. The zero-order chi connectivity index (χ0) is 17.1. The molecule has 2 aromatic rings. The van der Waals surface area contributed by atoms with E-state index in [-0.39, 0.29) is 5.91 Å². The molecule has 2 aliphatic rings. The summed E-state index contributed by atoms with van der Waals surface area (Å²) in [7, 11) is 0. The fraction of sp³-hybridized carbons (Fsp3) is 0.368. The number of carbonyl (C=O) groups is 1. The van der Waals surface area contributed by atoms with Crippen LogP contribution in [-0.2, 0) is 22.5 Å². The van der Waals surface area contributed by atoms with Crippen LogP contribution in [0.5, 0.6) is 5.75 Å². The maximum absolute atomic E-state index is 12.5. The molecule has 1 N–H and O–H groups in total. The first-order valence-electron chi connectivity index (χ1n) is 8.60. The monoisotopic (exact) mass is 339 g/mol. The van der Waals surface area contributed by atoms with E-state index in [1.165, 1.54) is 0 Å². The van der Waals surface area contributed by atoms with E-state index in [4.69, 9.17) is 9.47 Å². The lowest BCUT2D eigenvalue weighted by molar-refractivity contribution is -0.127. The van der Waals surface area contributed by atoms with Crippen molar-refractivity contribution >= 4 is 11.7 Å². The quantitative estimate of drug-likeness (QED) is 0.915. The molecule has 0 bridgehead atoms. The van der Waals surface area contributed by atoms with Crippen LogP contribution in [0.25, 0.3) is 0 Å². The van der Waals surface area contributed by atoms with Gasteiger partial charge in [-0.3, -0.25) is 4.79 Å². The van der Waals surface area contributed by atoms with E-state index in [0.717, 1.165) is 35.8 Å². The predicted molar refractivity (Wildman–Crippen MR) is 93.7 cm³/mol. The maximum Gasteiger partial charge on any atom is 0.261 e. The molecule has 130 valence electrons. The molecule has 6 nitrogen and oxygen atoms in total. The first-order chi connectivity index (χ1) is 12.3. The van der Waals surface area contributed by atoms with Crippen molar-refractivity contribution in [2.24, 2.45) is 0 Å². The first-order valence-corrected chi connectivity index (χ1v) is 8.60. The molecule has 0 saturated carbocycles. The van der Waals surface area contributed by atoms with E-state index in [1.54, 1.807) is 6.20 Å². The summed E-state index contributed by atoms with van der Waals surface area (Å²) < 4.78 is 11.2. The van der Waals surface area contributed by atoms with Crippen LogP contribution in [0.3, 0.4) is 0 Å². The minimum absolute atomic E-state index is 0.0898. The van der Waals surface area contributed by atoms with Gasteiger partial charge in [-0.1, -0.05) is 24.3 Å².